The maximum absolute atomic E-state index is 11.2. The van der Waals surface area contributed by atoms with Crippen molar-refractivity contribution in [1.29, 1.82) is 0 Å². The molecule has 0 aliphatic rings. The molecule has 2 aromatic heterocycles. The molecular weight excluding hydrogens is 194 g/mol. The fourth-order valence-corrected chi connectivity index (χ4v) is 2.18. The summed E-state index contributed by atoms with van der Waals surface area (Å²) >= 11 is 1.73. The van der Waals surface area contributed by atoms with Gasteiger partial charge < -0.3 is 4.98 Å². The quantitative estimate of drug-likeness (QED) is 0.763. The number of nitrogens with one attached hydrogen (secondary N) is 1. The summed E-state index contributed by atoms with van der Waals surface area (Å²) in [5.74, 6) is 0. The molecule has 0 saturated carbocycles. The van der Waals surface area contributed by atoms with Crippen molar-refractivity contribution in [3.63, 3.8) is 0 Å². The maximum atomic E-state index is 11.2. The molecule has 0 bridgehead atoms. The van der Waals surface area contributed by atoms with Crippen molar-refractivity contribution in [1.82, 2.24) is 4.98 Å². The van der Waals surface area contributed by atoms with Gasteiger partial charge in [0.1, 0.15) is 0 Å². The number of rotatable bonds is 1. The second kappa shape index (κ2) is 3.42. The summed E-state index contributed by atoms with van der Waals surface area (Å²) in [6.45, 7) is 3.90. The van der Waals surface area contributed by atoms with Gasteiger partial charge in [0.25, 0.3) is 5.56 Å². The number of hydrogen-bond donors (Lipinski definition) is 1. The molecule has 1 N–H and O–H groups in total. The van der Waals surface area contributed by atoms with Crippen LogP contribution in [0.1, 0.15) is 10.4 Å². The van der Waals surface area contributed by atoms with E-state index < -0.39 is 0 Å². The van der Waals surface area contributed by atoms with Crippen LogP contribution >= 0.6 is 11.3 Å². The normalized spacial score (nSPS) is 10.4. The Morgan fingerprint density at radius 3 is 2.64 bits per heavy atom. The van der Waals surface area contributed by atoms with E-state index in [4.69, 9.17) is 0 Å². The lowest BCUT2D eigenvalue weighted by Crippen LogP contribution is -2.07. The third-order valence-electron chi connectivity index (χ3n) is 2.11. The van der Waals surface area contributed by atoms with Gasteiger partial charge in [-0.1, -0.05) is 0 Å². The van der Waals surface area contributed by atoms with Crippen molar-refractivity contribution in [2.24, 2.45) is 0 Å². The SMILES string of the molecule is Cc1ccc(-c2c[nH]c(=O)c(C)c2)s1. The van der Waals surface area contributed by atoms with Crippen molar-refractivity contribution in [3.05, 3.63) is 45.2 Å². The maximum Gasteiger partial charge on any atom is 0.250 e. The van der Waals surface area contributed by atoms with Crippen molar-refractivity contribution < 1.29 is 0 Å². The summed E-state index contributed by atoms with van der Waals surface area (Å²) in [5, 5.41) is 0. The molecule has 0 fully saturated rings. The zero-order valence-corrected chi connectivity index (χ0v) is 8.94. The molecule has 0 atom stereocenters. The molecule has 0 aromatic carbocycles. The fourth-order valence-electron chi connectivity index (χ4n) is 1.33. The number of hydrogen-bond acceptors (Lipinski definition) is 2. The first-order valence-electron chi connectivity index (χ1n) is 4.43. The van der Waals surface area contributed by atoms with E-state index in [-0.39, 0.29) is 5.56 Å². The van der Waals surface area contributed by atoms with Crippen LogP contribution in [0.15, 0.2) is 29.2 Å². The van der Waals surface area contributed by atoms with Gasteiger partial charge in [0.05, 0.1) is 0 Å². The lowest BCUT2D eigenvalue weighted by atomic mass is 10.2. The zero-order chi connectivity index (χ0) is 10.1. The Labute approximate surface area is 86.2 Å². The van der Waals surface area contributed by atoms with Gasteiger partial charge in [-0.3, -0.25) is 4.79 Å². The highest BCUT2D eigenvalue weighted by atomic mass is 32.1. The van der Waals surface area contributed by atoms with E-state index >= 15 is 0 Å². The highest BCUT2D eigenvalue weighted by molar-refractivity contribution is 7.15. The molecule has 0 spiro atoms. The number of pyridine rings is 1. The molecule has 3 heteroatoms. The van der Waals surface area contributed by atoms with Crippen molar-refractivity contribution in [3.8, 4) is 10.4 Å². The molecule has 0 aliphatic carbocycles. The summed E-state index contributed by atoms with van der Waals surface area (Å²) in [7, 11) is 0. The van der Waals surface area contributed by atoms with Gasteiger partial charge in [0, 0.05) is 27.1 Å². The Kier molecular flexibility index (Phi) is 2.25. The lowest BCUT2D eigenvalue weighted by molar-refractivity contribution is 1.19. The molecule has 0 radical (unpaired) electrons. The van der Waals surface area contributed by atoms with E-state index in [0.717, 1.165) is 11.1 Å². The Hall–Kier alpha value is -1.35. The van der Waals surface area contributed by atoms with Crippen molar-refractivity contribution >= 4 is 11.3 Å². The van der Waals surface area contributed by atoms with Crippen LogP contribution in [-0.4, -0.2) is 4.98 Å². The van der Waals surface area contributed by atoms with E-state index in [1.54, 1.807) is 17.5 Å². The van der Waals surface area contributed by atoms with Crippen molar-refractivity contribution in [2.45, 2.75) is 13.8 Å². The number of aromatic nitrogens is 1. The fraction of sp³-hybridized carbons (Fsp3) is 0.182. The summed E-state index contributed by atoms with van der Waals surface area (Å²) in [6.07, 6.45) is 1.76. The first-order chi connectivity index (χ1) is 6.66. The van der Waals surface area contributed by atoms with Crippen LogP contribution in [0.5, 0.6) is 0 Å². The third kappa shape index (κ3) is 1.63. The molecule has 2 heterocycles. The molecule has 0 aliphatic heterocycles. The van der Waals surface area contributed by atoms with E-state index in [9.17, 15) is 4.79 Å². The van der Waals surface area contributed by atoms with Crippen LogP contribution in [0.2, 0.25) is 0 Å². The lowest BCUT2D eigenvalue weighted by Gasteiger charge is -1.97. The molecule has 2 rings (SSSR count). The minimum absolute atomic E-state index is 0.0120. The number of aryl methyl sites for hydroxylation is 2. The molecule has 2 nitrogen and oxygen atoms in total. The molecule has 0 amide bonds. The Morgan fingerprint density at radius 1 is 1.29 bits per heavy atom. The smallest absolute Gasteiger partial charge is 0.250 e. The highest BCUT2D eigenvalue weighted by Gasteiger charge is 2.02. The largest absolute Gasteiger partial charge is 0.328 e. The first-order valence-corrected chi connectivity index (χ1v) is 5.24. The van der Waals surface area contributed by atoms with Crippen LogP contribution in [0.4, 0.5) is 0 Å². The molecule has 14 heavy (non-hydrogen) atoms. The molecule has 0 unspecified atom stereocenters. The monoisotopic (exact) mass is 205 g/mol. The third-order valence-corrected chi connectivity index (χ3v) is 3.16. The second-order valence-corrected chi connectivity index (χ2v) is 4.60. The summed E-state index contributed by atoms with van der Waals surface area (Å²) in [4.78, 5) is 16.4. The predicted octanol–water partition coefficient (Wildman–Crippen LogP) is 2.72. The number of thiophene rings is 1. The van der Waals surface area contributed by atoms with Crippen LogP contribution in [0, 0.1) is 13.8 Å². The average Bonchev–Trinajstić information content (AvgIpc) is 2.57. The van der Waals surface area contributed by atoms with E-state index in [1.807, 2.05) is 13.0 Å². The predicted molar refractivity (Wildman–Crippen MR) is 59.8 cm³/mol. The standard InChI is InChI=1S/C11H11NOS/c1-7-5-9(6-12-11(7)13)10-4-3-8(2)14-10/h3-6H,1-2H3,(H,12,13). The zero-order valence-electron chi connectivity index (χ0n) is 8.13. The van der Waals surface area contributed by atoms with Crippen LogP contribution < -0.4 is 5.56 Å². The minimum Gasteiger partial charge on any atom is -0.328 e. The van der Waals surface area contributed by atoms with Gasteiger partial charge in [-0.15, -0.1) is 11.3 Å². The summed E-state index contributed by atoms with van der Waals surface area (Å²) < 4.78 is 0. The van der Waals surface area contributed by atoms with Gasteiger partial charge in [-0.2, -0.15) is 0 Å². The summed E-state index contributed by atoms with van der Waals surface area (Å²) in [5.41, 5.74) is 1.83. The van der Waals surface area contributed by atoms with E-state index in [1.165, 1.54) is 9.75 Å². The number of H-pyrrole nitrogens is 1. The average molecular weight is 205 g/mol. The molecular formula is C11H11NOS. The Bertz CT molecular complexity index is 510. The highest BCUT2D eigenvalue weighted by Crippen LogP contribution is 2.26. The van der Waals surface area contributed by atoms with Crippen LogP contribution in [0.25, 0.3) is 10.4 Å². The van der Waals surface area contributed by atoms with Gasteiger partial charge in [0.15, 0.2) is 0 Å². The Balaban J connectivity index is 2.52. The van der Waals surface area contributed by atoms with Crippen LogP contribution in [-0.2, 0) is 0 Å². The number of aromatic amines is 1. The molecule has 2 aromatic rings. The van der Waals surface area contributed by atoms with Crippen LogP contribution in [0.3, 0.4) is 0 Å². The van der Waals surface area contributed by atoms with Gasteiger partial charge in [-0.05, 0) is 32.0 Å². The molecule has 72 valence electrons. The second-order valence-electron chi connectivity index (χ2n) is 3.31. The van der Waals surface area contributed by atoms with E-state index in [2.05, 4.69) is 24.0 Å². The summed E-state index contributed by atoms with van der Waals surface area (Å²) in [6, 6.07) is 6.08. The van der Waals surface area contributed by atoms with E-state index in [0.29, 0.717) is 0 Å². The van der Waals surface area contributed by atoms with Crippen molar-refractivity contribution in [2.75, 3.05) is 0 Å². The minimum atomic E-state index is -0.0120. The van der Waals surface area contributed by atoms with Gasteiger partial charge in [-0.25, -0.2) is 0 Å². The Morgan fingerprint density at radius 2 is 2.07 bits per heavy atom. The molecule has 0 saturated heterocycles. The van der Waals surface area contributed by atoms with Gasteiger partial charge >= 0.3 is 0 Å². The van der Waals surface area contributed by atoms with Gasteiger partial charge in [0.2, 0.25) is 0 Å². The topological polar surface area (TPSA) is 32.9 Å². The first kappa shape index (κ1) is 9.21.